The van der Waals surface area contributed by atoms with E-state index in [0.717, 1.165) is 60.1 Å². The summed E-state index contributed by atoms with van der Waals surface area (Å²) in [5.74, 6) is 0.929. The van der Waals surface area contributed by atoms with Gasteiger partial charge in [-0.25, -0.2) is 0 Å². The predicted octanol–water partition coefficient (Wildman–Crippen LogP) is 11.0. The molecule has 70 heavy (non-hydrogen) atoms. The van der Waals surface area contributed by atoms with Crippen LogP contribution >= 0.6 is 0 Å². The van der Waals surface area contributed by atoms with Crippen LogP contribution in [0.2, 0.25) is 0 Å². The summed E-state index contributed by atoms with van der Waals surface area (Å²) in [5.41, 5.74) is 2.97. The first-order valence-electron chi connectivity index (χ1n) is 24.3. The molecule has 4 aromatic carbocycles. The lowest BCUT2D eigenvalue weighted by atomic mass is 9.83. The number of aliphatic carboxylic acids is 2. The number of halogens is 6. The number of carbonyl (C=O) groups is 2. The number of alkyl halides is 6. The van der Waals surface area contributed by atoms with Gasteiger partial charge in [-0.05, 0) is 122 Å². The Balaban J connectivity index is 0.000000174. The summed E-state index contributed by atoms with van der Waals surface area (Å²) in [7, 11) is 0. The Morgan fingerprint density at radius 2 is 0.943 bits per heavy atom. The molecule has 10 rings (SSSR count). The molecule has 4 aromatic rings. The van der Waals surface area contributed by atoms with E-state index in [4.69, 9.17) is 18.9 Å². The van der Waals surface area contributed by atoms with Crippen LogP contribution < -0.4 is 18.9 Å². The second-order valence-electron chi connectivity index (χ2n) is 20.6. The maximum Gasteiger partial charge on any atom is 0.416 e. The van der Waals surface area contributed by atoms with Gasteiger partial charge in [-0.15, -0.1) is 0 Å². The fraction of sp³-hybridized carbons (Fsp3) is 0.519. The Bertz CT molecular complexity index is 2390. The van der Waals surface area contributed by atoms with Crippen LogP contribution in [-0.4, -0.2) is 83.6 Å². The van der Waals surface area contributed by atoms with Crippen LogP contribution in [0.4, 0.5) is 26.3 Å². The molecule has 2 aliphatic carbocycles. The average Bonchev–Trinajstić information content (AvgIpc) is 4.22. The van der Waals surface area contributed by atoms with Gasteiger partial charge in [0.1, 0.15) is 25.4 Å². The highest BCUT2D eigenvalue weighted by atomic mass is 19.4. The number of nitrogens with zero attached hydrogens (tertiary/aromatic N) is 2. The van der Waals surface area contributed by atoms with Crippen LogP contribution in [0.3, 0.4) is 0 Å². The normalized spacial score (nSPS) is 22.4. The molecule has 4 aliphatic heterocycles. The van der Waals surface area contributed by atoms with Crippen LogP contribution in [0.5, 0.6) is 23.0 Å². The molecule has 10 nitrogen and oxygen atoms in total. The van der Waals surface area contributed by atoms with Crippen LogP contribution in [0.15, 0.2) is 72.8 Å². The van der Waals surface area contributed by atoms with E-state index in [2.05, 4.69) is 0 Å². The minimum Gasteiger partial charge on any atom is -0.486 e. The molecule has 2 N–H and O–H groups in total. The molecule has 376 valence electrons. The maximum absolute atomic E-state index is 13.4. The number of hydrogen-bond acceptors (Lipinski definition) is 8. The van der Waals surface area contributed by atoms with Crippen LogP contribution in [0.25, 0.3) is 0 Å². The predicted molar refractivity (Wildman–Crippen MR) is 247 cm³/mol. The maximum atomic E-state index is 13.4. The van der Waals surface area contributed by atoms with Gasteiger partial charge in [-0.1, -0.05) is 61.4 Å². The number of carboxylic acid groups (broad SMARTS) is 2. The molecule has 0 radical (unpaired) electrons. The minimum absolute atomic E-state index is 0.0573. The fourth-order valence-corrected chi connectivity index (χ4v) is 10.9. The topological polar surface area (TPSA) is 118 Å². The van der Waals surface area contributed by atoms with Crippen molar-refractivity contribution in [2.75, 3.05) is 39.4 Å². The van der Waals surface area contributed by atoms with E-state index in [9.17, 15) is 46.1 Å². The van der Waals surface area contributed by atoms with E-state index >= 15 is 0 Å². The fourth-order valence-electron chi connectivity index (χ4n) is 10.9. The monoisotopic (exact) mass is 978 g/mol. The number of rotatable bonds is 14. The van der Waals surface area contributed by atoms with E-state index in [-0.39, 0.29) is 49.0 Å². The molecule has 6 atom stereocenters. The van der Waals surface area contributed by atoms with Crippen molar-refractivity contribution in [2.24, 2.45) is 35.5 Å². The number of ether oxygens (including phenoxy) is 4. The third-order valence-corrected chi connectivity index (χ3v) is 15.1. The van der Waals surface area contributed by atoms with E-state index in [1.807, 2.05) is 46.2 Å². The molecule has 0 aromatic heterocycles. The van der Waals surface area contributed by atoms with E-state index in [1.54, 1.807) is 39.8 Å². The van der Waals surface area contributed by atoms with E-state index in [0.29, 0.717) is 85.4 Å². The molecule has 0 spiro atoms. The number of likely N-dealkylation sites (tertiary alicyclic amines) is 2. The van der Waals surface area contributed by atoms with Crippen molar-refractivity contribution in [1.29, 1.82) is 0 Å². The Hall–Kier alpha value is -5.48. The average molecular weight is 979 g/mol. The molecule has 16 heteroatoms. The van der Waals surface area contributed by atoms with Crippen molar-refractivity contribution in [2.45, 2.75) is 103 Å². The van der Waals surface area contributed by atoms with Gasteiger partial charge in [0.2, 0.25) is 0 Å². The minimum atomic E-state index is -4.37. The zero-order valence-corrected chi connectivity index (χ0v) is 39.7. The highest BCUT2D eigenvalue weighted by Gasteiger charge is 2.44. The highest BCUT2D eigenvalue weighted by molar-refractivity contribution is 5.72. The lowest BCUT2D eigenvalue weighted by Gasteiger charge is -2.44. The molecule has 2 saturated carbocycles. The Labute approximate surface area is 403 Å². The van der Waals surface area contributed by atoms with Crippen molar-refractivity contribution < 1.29 is 65.1 Å². The summed E-state index contributed by atoms with van der Waals surface area (Å²) < 4.78 is 105. The van der Waals surface area contributed by atoms with Crippen molar-refractivity contribution in [3.63, 3.8) is 0 Å². The van der Waals surface area contributed by atoms with Gasteiger partial charge in [0.05, 0.1) is 23.0 Å². The quantitative estimate of drug-likeness (QED) is 0.118. The number of carboxylic acids is 2. The standard InChI is InChI=1S/2C27H30F3NO4/c2*1-15-3-7-21(27(28,29)30)19(9-15)11-31-12-20(13-31)24-14-34-22-8-6-18(10-23(22)35-24)25(17-4-5-17)16(2)26(32)33/h2*3,6-10,16-17,20,24-25H,4-5,11-14H2,1-2H3,(H,32,33)/t2*16-,24?,25-/m00/s1. The molecule has 2 saturated heterocycles. The molecule has 0 amide bonds. The van der Waals surface area contributed by atoms with Gasteiger partial charge in [0.15, 0.2) is 23.0 Å². The lowest BCUT2D eigenvalue weighted by molar-refractivity contribution is -0.143. The van der Waals surface area contributed by atoms with Crippen molar-refractivity contribution >= 4 is 11.9 Å². The van der Waals surface area contributed by atoms with Gasteiger partial charge >= 0.3 is 24.3 Å². The highest BCUT2D eigenvalue weighted by Crippen LogP contribution is 2.50. The molecular weight excluding hydrogens is 919 g/mol. The van der Waals surface area contributed by atoms with Gasteiger partial charge in [0, 0.05) is 51.1 Å². The van der Waals surface area contributed by atoms with Gasteiger partial charge in [-0.2, -0.15) is 26.3 Å². The first kappa shape index (κ1) is 49.5. The Kier molecular flexibility index (Phi) is 13.9. The molecule has 0 bridgehead atoms. The van der Waals surface area contributed by atoms with Crippen molar-refractivity contribution in [3.8, 4) is 23.0 Å². The number of hydrogen-bond donors (Lipinski definition) is 2. The van der Waals surface area contributed by atoms with E-state index in [1.165, 1.54) is 12.1 Å². The molecular formula is C54H60F6N2O8. The summed E-state index contributed by atoms with van der Waals surface area (Å²) in [4.78, 5) is 27.3. The summed E-state index contributed by atoms with van der Waals surface area (Å²) in [6.45, 7) is 10.9. The summed E-state index contributed by atoms with van der Waals surface area (Å²) in [6.07, 6.45) is -4.98. The number of aryl methyl sites for hydroxylation is 2. The van der Waals surface area contributed by atoms with Crippen LogP contribution in [0, 0.1) is 49.4 Å². The first-order chi connectivity index (χ1) is 33.2. The first-order valence-corrected chi connectivity index (χ1v) is 24.3. The molecule has 6 aliphatic rings. The second kappa shape index (κ2) is 19.6. The number of benzene rings is 4. The van der Waals surface area contributed by atoms with Crippen LogP contribution in [-0.2, 0) is 35.0 Å². The lowest BCUT2D eigenvalue weighted by Crippen LogP contribution is -2.55. The van der Waals surface area contributed by atoms with Crippen molar-refractivity contribution in [1.82, 2.24) is 9.80 Å². The third kappa shape index (κ3) is 11.0. The Morgan fingerprint density at radius 1 is 0.571 bits per heavy atom. The van der Waals surface area contributed by atoms with Crippen molar-refractivity contribution in [3.05, 3.63) is 117 Å². The largest absolute Gasteiger partial charge is 0.486 e. The molecule has 2 unspecified atom stereocenters. The Morgan fingerprint density at radius 3 is 1.27 bits per heavy atom. The zero-order valence-electron chi connectivity index (χ0n) is 39.7. The van der Waals surface area contributed by atoms with Gasteiger partial charge < -0.3 is 29.2 Å². The smallest absolute Gasteiger partial charge is 0.416 e. The molecule has 4 heterocycles. The van der Waals surface area contributed by atoms with Gasteiger partial charge in [-0.3, -0.25) is 19.4 Å². The summed E-state index contributed by atoms with van der Waals surface area (Å²) in [5, 5.41) is 19.1. The zero-order chi connectivity index (χ0) is 49.8. The second-order valence-corrected chi connectivity index (χ2v) is 20.6. The summed E-state index contributed by atoms with van der Waals surface area (Å²) >= 11 is 0. The summed E-state index contributed by atoms with van der Waals surface area (Å²) in [6, 6.07) is 20.0. The van der Waals surface area contributed by atoms with Crippen LogP contribution in [0.1, 0.15) is 95.9 Å². The third-order valence-electron chi connectivity index (χ3n) is 15.1. The van der Waals surface area contributed by atoms with Gasteiger partial charge in [0.25, 0.3) is 0 Å². The number of fused-ring (bicyclic) bond motifs is 2. The van der Waals surface area contributed by atoms with E-state index < -0.39 is 47.3 Å². The SMILES string of the molecule is Cc1ccc(C(F)(F)F)c(CN2CC(C3COc4ccc([C@H](C5CC5)[C@H](C)C(=O)O)cc4O3)C2)c1.Cc1ccc(C(F)(F)F)c(CN2CC(C3COc4ccc([C@H](C5CC5)[C@H](C)C(=O)O)cc4O3)C2)c1. The molecule has 4 fully saturated rings.